The number of hydrogen-bond donors (Lipinski definition) is 0. The second-order valence-corrected chi connectivity index (χ2v) is 5.46. The van der Waals surface area contributed by atoms with Crippen molar-refractivity contribution in [2.75, 3.05) is 7.11 Å². The highest BCUT2D eigenvalue weighted by Crippen LogP contribution is 2.28. The van der Waals surface area contributed by atoms with Crippen LogP contribution < -0.4 is 0 Å². The highest BCUT2D eigenvalue weighted by atomic mass is 16.5. The lowest BCUT2D eigenvalue weighted by Gasteiger charge is -2.19. The van der Waals surface area contributed by atoms with E-state index in [2.05, 4.69) is 17.6 Å². The van der Waals surface area contributed by atoms with Crippen molar-refractivity contribution < 1.29 is 9.53 Å². The van der Waals surface area contributed by atoms with Gasteiger partial charge in [0.2, 0.25) is 0 Å². The molecule has 0 saturated carbocycles. The Balaban J connectivity index is 2.36. The molecule has 114 valence electrons. The smallest absolute Gasteiger partial charge is 0.333 e. The summed E-state index contributed by atoms with van der Waals surface area (Å²) < 4.78 is 4.84. The molecular weight excluding hydrogens is 274 g/mol. The van der Waals surface area contributed by atoms with E-state index in [1.165, 1.54) is 7.11 Å². The Morgan fingerprint density at radius 3 is 2.55 bits per heavy atom. The summed E-state index contributed by atoms with van der Waals surface area (Å²) in [7, 11) is 1.38. The van der Waals surface area contributed by atoms with Crippen molar-refractivity contribution in [3.8, 4) is 0 Å². The lowest BCUT2D eigenvalue weighted by Crippen LogP contribution is -2.15. The van der Waals surface area contributed by atoms with Crippen molar-refractivity contribution in [3.05, 3.63) is 77.1 Å². The van der Waals surface area contributed by atoms with Gasteiger partial charge >= 0.3 is 5.97 Å². The average Bonchev–Trinajstić information content (AvgIpc) is 2.53. The van der Waals surface area contributed by atoms with Crippen molar-refractivity contribution in [1.82, 2.24) is 4.98 Å². The molecule has 0 bridgehead atoms. The monoisotopic (exact) mass is 295 g/mol. The molecule has 0 saturated heterocycles. The first-order valence-corrected chi connectivity index (χ1v) is 7.27. The van der Waals surface area contributed by atoms with Gasteiger partial charge < -0.3 is 4.74 Å². The minimum Gasteiger partial charge on any atom is -0.466 e. The van der Waals surface area contributed by atoms with Gasteiger partial charge in [-0.05, 0) is 30.5 Å². The molecule has 1 heterocycles. The van der Waals surface area contributed by atoms with Gasteiger partial charge in [0.15, 0.2) is 0 Å². The van der Waals surface area contributed by atoms with Crippen molar-refractivity contribution in [1.29, 1.82) is 0 Å². The Hall–Kier alpha value is -2.42. The Morgan fingerprint density at radius 2 is 1.95 bits per heavy atom. The number of pyridine rings is 1. The SMILES string of the molecule is C=C(C(=O)OC)[C@H](Cc1ncc(C)cc1C)c1ccccc1. The first-order chi connectivity index (χ1) is 10.5. The first kappa shape index (κ1) is 16.0. The normalized spacial score (nSPS) is 11.8. The number of methoxy groups -OCH3 is 1. The number of hydrogen-bond acceptors (Lipinski definition) is 3. The van der Waals surface area contributed by atoms with Crippen LogP contribution in [-0.4, -0.2) is 18.1 Å². The van der Waals surface area contributed by atoms with Crippen LogP contribution in [0.15, 0.2) is 54.7 Å². The molecule has 0 aliphatic rings. The van der Waals surface area contributed by atoms with Gasteiger partial charge in [-0.3, -0.25) is 4.98 Å². The summed E-state index contributed by atoms with van der Waals surface area (Å²) in [6, 6.07) is 12.0. The number of nitrogens with zero attached hydrogens (tertiary/aromatic N) is 1. The fourth-order valence-electron chi connectivity index (χ4n) is 2.55. The molecule has 0 radical (unpaired) electrons. The molecule has 0 aliphatic heterocycles. The van der Waals surface area contributed by atoms with Crippen LogP contribution in [0.4, 0.5) is 0 Å². The topological polar surface area (TPSA) is 39.2 Å². The van der Waals surface area contributed by atoms with E-state index in [1.54, 1.807) is 0 Å². The standard InChI is InChI=1S/C19H21NO2/c1-13-10-14(2)18(20-12-13)11-17(15(3)19(21)22-4)16-8-6-5-7-9-16/h5-10,12,17H,3,11H2,1-2,4H3/t17-/m0/s1. The molecular formula is C19H21NO2. The molecule has 1 atom stereocenters. The van der Waals surface area contributed by atoms with Gasteiger partial charge in [0.1, 0.15) is 0 Å². The minimum absolute atomic E-state index is 0.137. The van der Waals surface area contributed by atoms with Crippen LogP contribution in [0.1, 0.15) is 28.3 Å². The maximum Gasteiger partial charge on any atom is 0.333 e. The Morgan fingerprint density at radius 1 is 1.27 bits per heavy atom. The van der Waals surface area contributed by atoms with E-state index >= 15 is 0 Å². The molecule has 0 amide bonds. The molecule has 0 N–H and O–H groups in total. The third-order valence-electron chi connectivity index (χ3n) is 3.79. The Labute approximate surface area is 131 Å². The molecule has 2 aromatic rings. The van der Waals surface area contributed by atoms with Crippen LogP contribution >= 0.6 is 0 Å². The number of carbonyl (C=O) groups is 1. The van der Waals surface area contributed by atoms with Crippen molar-refractivity contribution in [2.45, 2.75) is 26.2 Å². The highest BCUT2D eigenvalue weighted by molar-refractivity contribution is 5.89. The number of esters is 1. The molecule has 0 fully saturated rings. The van der Waals surface area contributed by atoms with Crippen molar-refractivity contribution in [3.63, 3.8) is 0 Å². The van der Waals surface area contributed by atoms with E-state index in [4.69, 9.17) is 4.74 Å². The molecule has 3 nitrogen and oxygen atoms in total. The van der Waals surface area contributed by atoms with E-state index in [0.29, 0.717) is 12.0 Å². The van der Waals surface area contributed by atoms with Gasteiger partial charge in [0.25, 0.3) is 0 Å². The highest BCUT2D eigenvalue weighted by Gasteiger charge is 2.23. The van der Waals surface area contributed by atoms with Gasteiger partial charge in [-0.2, -0.15) is 0 Å². The summed E-state index contributed by atoms with van der Waals surface area (Å²) in [6.07, 6.45) is 2.48. The number of aryl methyl sites for hydroxylation is 2. The number of rotatable bonds is 5. The second-order valence-electron chi connectivity index (χ2n) is 5.46. The van der Waals surface area contributed by atoms with Crippen LogP contribution in [0.5, 0.6) is 0 Å². The minimum atomic E-state index is -0.376. The number of aromatic nitrogens is 1. The maximum absolute atomic E-state index is 11.9. The summed E-state index contributed by atoms with van der Waals surface area (Å²) in [6.45, 7) is 8.00. The molecule has 2 rings (SSSR count). The average molecular weight is 295 g/mol. The van der Waals surface area contributed by atoms with Gasteiger partial charge in [0.05, 0.1) is 7.11 Å². The zero-order valence-corrected chi connectivity index (χ0v) is 13.3. The number of ether oxygens (including phenoxy) is 1. The van der Waals surface area contributed by atoms with Crippen LogP contribution in [0.25, 0.3) is 0 Å². The fourth-order valence-corrected chi connectivity index (χ4v) is 2.55. The third-order valence-corrected chi connectivity index (χ3v) is 3.79. The van der Waals surface area contributed by atoms with E-state index in [-0.39, 0.29) is 11.9 Å². The summed E-state index contributed by atoms with van der Waals surface area (Å²) in [4.78, 5) is 16.4. The van der Waals surface area contributed by atoms with Crippen molar-refractivity contribution in [2.24, 2.45) is 0 Å². The van der Waals surface area contributed by atoms with E-state index in [1.807, 2.05) is 50.4 Å². The lowest BCUT2D eigenvalue weighted by molar-refractivity contribution is -0.136. The van der Waals surface area contributed by atoms with Crippen LogP contribution in [0, 0.1) is 13.8 Å². The summed E-state index contributed by atoms with van der Waals surface area (Å²) in [5.41, 5.74) is 4.72. The van der Waals surface area contributed by atoms with Gasteiger partial charge in [-0.25, -0.2) is 4.79 Å². The third kappa shape index (κ3) is 3.61. The van der Waals surface area contributed by atoms with Crippen molar-refractivity contribution >= 4 is 5.97 Å². The summed E-state index contributed by atoms with van der Waals surface area (Å²) in [5, 5.41) is 0. The maximum atomic E-state index is 11.9. The quantitative estimate of drug-likeness (QED) is 0.623. The van der Waals surface area contributed by atoms with Gasteiger partial charge in [-0.1, -0.05) is 43.0 Å². The summed E-state index contributed by atoms with van der Waals surface area (Å²) in [5.74, 6) is -0.513. The van der Waals surface area contributed by atoms with Crippen LogP contribution in [0.2, 0.25) is 0 Å². The first-order valence-electron chi connectivity index (χ1n) is 7.27. The van der Waals surface area contributed by atoms with Gasteiger partial charge in [0, 0.05) is 29.8 Å². The molecule has 0 unspecified atom stereocenters. The molecule has 22 heavy (non-hydrogen) atoms. The Bertz CT molecular complexity index is 677. The molecule has 0 aliphatic carbocycles. The van der Waals surface area contributed by atoms with Crippen LogP contribution in [-0.2, 0) is 16.0 Å². The second kappa shape index (κ2) is 7.03. The molecule has 0 spiro atoms. The lowest BCUT2D eigenvalue weighted by atomic mass is 9.87. The summed E-state index contributed by atoms with van der Waals surface area (Å²) >= 11 is 0. The zero-order valence-electron chi connectivity index (χ0n) is 13.3. The fraction of sp³-hybridized carbons (Fsp3) is 0.263. The van der Waals surface area contributed by atoms with E-state index < -0.39 is 0 Å². The van der Waals surface area contributed by atoms with Gasteiger partial charge in [-0.15, -0.1) is 0 Å². The van der Waals surface area contributed by atoms with E-state index in [0.717, 1.165) is 22.4 Å². The predicted molar refractivity (Wildman–Crippen MR) is 87.8 cm³/mol. The molecule has 1 aromatic carbocycles. The van der Waals surface area contributed by atoms with Crippen LogP contribution in [0.3, 0.4) is 0 Å². The molecule has 3 heteroatoms. The number of carbonyl (C=O) groups excluding carboxylic acids is 1. The number of benzene rings is 1. The molecule has 1 aromatic heterocycles. The van der Waals surface area contributed by atoms with E-state index in [9.17, 15) is 4.79 Å². The zero-order chi connectivity index (χ0) is 16.1. The predicted octanol–water partition coefficient (Wildman–Crippen LogP) is 3.75. The Kier molecular flexibility index (Phi) is 5.10. The largest absolute Gasteiger partial charge is 0.466 e.